The van der Waals surface area contributed by atoms with E-state index in [2.05, 4.69) is 26.6 Å². The molecule has 3 aliphatic rings. The van der Waals surface area contributed by atoms with Crippen molar-refractivity contribution in [2.75, 3.05) is 57.0 Å². The SMILES string of the molecule is CCCCCCCCCCOc1ccc(S(=O)(=O)c2cnc3ccc(S(C)=O)cc3c2N2CCC(N3CCC(N4CCCC(O)C4)CC3)CC2)cc1. The van der Waals surface area contributed by atoms with Crippen LogP contribution in [0.3, 0.4) is 0 Å². The van der Waals surface area contributed by atoms with Crippen LogP contribution in [0.1, 0.15) is 96.8 Å². The van der Waals surface area contributed by atoms with E-state index in [0.29, 0.717) is 40.5 Å². The van der Waals surface area contributed by atoms with Crippen molar-refractivity contribution in [2.24, 2.45) is 0 Å². The molecule has 2 atom stereocenters. The summed E-state index contributed by atoms with van der Waals surface area (Å²) in [4.78, 5) is 13.0. The Bertz CT molecular complexity index is 1720. The van der Waals surface area contributed by atoms with Crippen LogP contribution in [0.25, 0.3) is 10.9 Å². The highest BCUT2D eigenvalue weighted by Gasteiger charge is 2.34. The van der Waals surface area contributed by atoms with Gasteiger partial charge in [0.05, 0.1) is 28.8 Å². The lowest BCUT2D eigenvalue weighted by Gasteiger charge is -2.45. The lowest BCUT2D eigenvalue weighted by Crippen LogP contribution is -2.53. The maximum Gasteiger partial charge on any atom is 0.210 e. The highest BCUT2D eigenvalue weighted by Crippen LogP contribution is 2.39. The minimum atomic E-state index is -3.93. The number of piperidine rings is 3. The fourth-order valence-electron chi connectivity index (χ4n) is 8.49. The number of aromatic nitrogens is 1. The molecule has 286 valence electrons. The number of β-amino-alcohol motifs (C(OH)–C–C–N with tert-alkyl or cyclic N) is 1. The van der Waals surface area contributed by atoms with Crippen LogP contribution in [0.5, 0.6) is 5.75 Å². The molecule has 1 N–H and O–H groups in total. The molecular weight excluding hydrogens is 693 g/mol. The summed E-state index contributed by atoms with van der Waals surface area (Å²) in [6.45, 7) is 8.34. The van der Waals surface area contributed by atoms with E-state index in [4.69, 9.17) is 4.74 Å². The van der Waals surface area contributed by atoms with Crippen LogP contribution < -0.4 is 9.64 Å². The van der Waals surface area contributed by atoms with Gasteiger partial charge < -0.3 is 19.6 Å². The first kappa shape index (κ1) is 39.1. The maximum absolute atomic E-state index is 14.4. The van der Waals surface area contributed by atoms with Crippen LogP contribution in [-0.2, 0) is 20.6 Å². The molecular formula is C41H60N4O5S2. The van der Waals surface area contributed by atoms with E-state index < -0.39 is 20.6 Å². The van der Waals surface area contributed by atoms with E-state index in [0.717, 1.165) is 96.0 Å². The van der Waals surface area contributed by atoms with Crippen molar-refractivity contribution in [3.8, 4) is 5.75 Å². The Kier molecular flexibility index (Phi) is 14.0. The van der Waals surface area contributed by atoms with Crippen molar-refractivity contribution < 1.29 is 22.5 Å². The van der Waals surface area contributed by atoms with E-state index in [1.165, 1.54) is 44.7 Å². The quantitative estimate of drug-likeness (QED) is 0.152. The van der Waals surface area contributed by atoms with Crippen LogP contribution in [0.15, 0.2) is 63.3 Å². The molecule has 3 aliphatic heterocycles. The van der Waals surface area contributed by atoms with Crippen molar-refractivity contribution in [3.05, 3.63) is 48.7 Å². The maximum atomic E-state index is 14.4. The minimum absolute atomic E-state index is 0.189. The Morgan fingerprint density at radius 3 is 2.15 bits per heavy atom. The summed E-state index contributed by atoms with van der Waals surface area (Å²) in [5, 5.41) is 10.9. The summed E-state index contributed by atoms with van der Waals surface area (Å²) in [5.74, 6) is 0.674. The third-order valence-electron chi connectivity index (χ3n) is 11.5. The number of pyridine rings is 1. The van der Waals surface area contributed by atoms with Crippen molar-refractivity contribution in [3.63, 3.8) is 0 Å². The molecule has 0 saturated carbocycles. The van der Waals surface area contributed by atoms with Gasteiger partial charge in [-0.2, -0.15) is 0 Å². The van der Waals surface area contributed by atoms with E-state index in [1.54, 1.807) is 30.5 Å². The van der Waals surface area contributed by atoms with Gasteiger partial charge in [-0.25, -0.2) is 8.42 Å². The van der Waals surface area contributed by atoms with Crippen LogP contribution >= 0.6 is 0 Å². The second-order valence-electron chi connectivity index (χ2n) is 15.2. The van der Waals surface area contributed by atoms with Crippen LogP contribution in [0.2, 0.25) is 0 Å². The number of hydrogen-bond donors (Lipinski definition) is 1. The van der Waals surface area contributed by atoms with Gasteiger partial charge in [-0.3, -0.25) is 14.1 Å². The third-order valence-corrected chi connectivity index (χ3v) is 14.2. The Labute approximate surface area is 314 Å². The summed E-state index contributed by atoms with van der Waals surface area (Å²) in [5.41, 5.74) is 1.35. The monoisotopic (exact) mass is 752 g/mol. The van der Waals surface area contributed by atoms with Crippen molar-refractivity contribution in [2.45, 2.75) is 130 Å². The van der Waals surface area contributed by atoms with Gasteiger partial charge in [-0.15, -0.1) is 0 Å². The van der Waals surface area contributed by atoms with Gasteiger partial charge in [-0.1, -0.05) is 51.9 Å². The molecule has 0 radical (unpaired) electrons. The summed E-state index contributed by atoms with van der Waals surface area (Å²) >= 11 is 0. The number of anilines is 1. The third kappa shape index (κ3) is 9.75. The summed E-state index contributed by atoms with van der Waals surface area (Å²) in [7, 11) is -5.15. The van der Waals surface area contributed by atoms with Gasteiger partial charge in [0.15, 0.2) is 0 Å². The molecule has 0 amide bonds. The molecule has 52 heavy (non-hydrogen) atoms. The summed E-state index contributed by atoms with van der Waals surface area (Å²) in [6.07, 6.45) is 19.0. The van der Waals surface area contributed by atoms with Gasteiger partial charge in [0.25, 0.3) is 0 Å². The lowest BCUT2D eigenvalue weighted by atomic mass is 9.95. The minimum Gasteiger partial charge on any atom is -0.494 e. The largest absolute Gasteiger partial charge is 0.494 e. The van der Waals surface area contributed by atoms with E-state index in [9.17, 15) is 17.7 Å². The number of aliphatic hydroxyl groups excluding tert-OH is 1. The standard InChI is InChI=1S/C41H60N4O5S2/c1-3-4-5-6-7-8-9-10-28-50-35-13-16-37(17-14-35)52(48,49)40-30-42-39-18-15-36(51(2)47)29-38(39)41(40)44-26-21-32(22-27-44)43-24-19-33(20-25-43)45-23-11-12-34(46)31-45/h13-18,29-30,32-34,46H,3-12,19-28,31H2,1-2H3. The molecule has 6 rings (SSSR count). The number of ether oxygens (including phenoxy) is 1. The van der Waals surface area contributed by atoms with E-state index >= 15 is 0 Å². The number of sulfone groups is 1. The molecule has 1 aromatic heterocycles. The van der Waals surface area contributed by atoms with Gasteiger partial charge in [0.2, 0.25) is 9.84 Å². The highest BCUT2D eigenvalue weighted by atomic mass is 32.2. The first-order valence-corrected chi connectivity index (χ1v) is 22.9. The van der Waals surface area contributed by atoms with Gasteiger partial charge >= 0.3 is 0 Å². The summed E-state index contributed by atoms with van der Waals surface area (Å²) in [6, 6.07) is 13.3. The second-order valence-corrected chi connectivity index (χ2v) is 18.5. The Balaban J connectivity index is 1.13. The van der Waals surface area contributed by atoms with Gasteiger partial charge in [-0.05, 0) is 107 Å². The zero-order valence-corrected chi connectivity index (χ0v) is 33.0. The molecule has 9 nitrogen and oxygen atoms in total. The smallest absolute Gasteiger partial charge is 0.210 e. The zero-order chi connectivity index (χ0) is 36.5. The molecule has 0 spiro atoms. The molecule has 4 heterocycles. The number of benzene rings is 2. The number of rotatable bonds is 16. The molecule has 3 fully saturated rings. The number of nitrogens with zero attached hydrogens (tertiary/aromatic N) is 4. The van der Waals surface area contributed by atoms with E-state index in [-0.39, 0.29) is 15.9 Å². The first-order chi connectivity index (χ1) is 25.2. The van der Waals surface area contributed by atoms with Crippen LogP contribution in [0, 0.1) is 0 Å². The van der Waals surface area contributed by atoms with Crippen molar-refractivity contribution in [1.82, 2.24) is 14.8 Å². The van der Waals surface area contributed by atoms with Gasteiger partial charge in [0.1, 0.15) is 10.6 Å². The molecule has 0 aliphatic carbocycles. The number of aliphatic hydroxyl groups is 1. The van der Waals surface area contributed by atoms with Crippen molar-refractivity contribution in [1.29, 1.82) is 0 Å². The molecule has 2 unspecified atom stereocenters. The fraction of sp³-hybridized carbons (Fsp3) is 0.634. The normalized spacial score (nSPS) is 20.8. The topological polar surface area (TPSA) is 103 Å². The molecule has 3 aromatic rings. The Hall–Kier alpha value is -2.57. The molecule has 11 heteroatoms. The molecule has 0 bridgehead atoms. The van der Waals surface area contributed by atoms with Gasteiger partial charge in [0, 0.05) is 65.3 Å². The average Bonchev–Trinajstić information content (AvgIpc) is 3.17. The molecule has 2 aromatic carbocycles. The van der Waals surface area contributed by atoms with Crippen molar-refractivity contribution >= 4 is 37.2 Å². The van der Waals surface area contributed by atoms with Crippen LogP contribution in [-0.4, -0.2) is 103 Å². The zero-order valence-electron chi connectivity index (χ0n) is 31.4. The average molecular weight is 753 g/mol. The fourth-order valence-corrected chi connectivity index (χ4v) is 10.5. The predicted molar refractivity (Wildman–Crippen MR) is 211 cm³/mol. The number of hydrogen-bond acceptors (Lipinski definition) is 9. The Morgan fingerprint density at radius 1 is 0.827 bits per heavy atom. The Morgan fingerprint density at radius 2 is 1.48 bits per heavy atom. The summed E-state index contributed by atoms with van der Waals surface area (Å²) < 4.78 is 47.3. The number of fused-ring (bicyclic) bond motifs is 1. The number of likely N-dealkylation sites (tertiary alicyclic amines) is 2. The molecule has 3 saturated heterocycles. The second kappa shape index (κ2) is 18.7. The first-order valence-electron chi connectivity index (χ1n) is 19.9. The highest BCUT2D eigenvalue weighted by molar-refractivity contribution is 7.91. The van der Waals surface area contributed by atoms with Crippen LogP contribution in [0.4, 0.5) is 5.69 Å². The lowest BCUT2D eigenvalue weighted by molar-refractivity contribution is 0.0170. The van der Waals surface area contributed by atoms with E-state index in [1.807, 2.05) is 18.2 Å². The predicted octanol–water partition coefficient (Wildman–Crippen LogP) is 7.21. The number of unbranched alkanes of at least 4 members (excludes halogenated alkanes) is 7.